The molecular weight excluding hydrogens is 464 g/mol. The van der Waals surface area contributed by atoms with Gasteiger partial charge < -0.3 is 14.6 Å². The fourth-order valence-corrected chi connectivity index (χ4v) is 5.57. The lowest BCUT2D eigenvalue weighted by Gasteiger charge is -2.34. The van der Waals surface area contributed by atoms with E-state index < -0.39 is 35.4 Å². The molecule has 2 fully saturated rings. The molecule has 2 aliphatic rings. The summed E-state index contributed by atoms with van der Waals surface area (Å²) in [5.74, 6) is -2.28. The number of carbonyl (C=O) groups is 2. The summed E-state index contributed by atoms with van der Waals surface area (Å²) in [6, 6.07) is 2.16. The van der Waals surface area contributed by atoms with E-state index in [-0.39, 0.29) is 30.3 Å². The molecule has 0 saturated carbocycles. The molecule has 0 aliphatic carbocycles. The van der Waals surface area contributed by atoms with Gasteiger partial charge in [0.25, 0.3) is 0 Å². The van der Waals surface area contributed by atoms with Gasteiger partial charge in [-0.2, -0.15) is 5.26 Å². The zero-order chi connectivity index (χ0) is 25.9. The maximum atomic E-state index is 13.3. The SMILES string of the molecule is C/C(=C\c1csc(C)n1)[C@@H]1CC2O[C@@H]2CCC[C@H](C)[C@H](O)C(C)C(=O)C(C)(C)[C@@H](C#N)CC(=O)O1. The Labute approximate surface area is 212 Å². The zero-order valence-corrected chi connectivity index (χ0v) is 22.4. The van der Waals surface area contributed by atoms with Crippen molar-refractivity contribution in [2.24, 2.45) is 23.2 Å². The number of ether oxygens (including phenoxy) is 2. The second-order valence-corrected chi connectivity index (χ2v) is 11.8. The number of epoxide rings is 1. The molecule has 1 aromatic heterocycles. The maximum absolute atomic E-state index is 13.3. The fraction of sp³-hybridized carbons (Fsp3) is 0.704. The van der Waals surface area contributed by atoms with Crippen molar-refractivity contribution in [3.05, 3.63) is 21.7 Å². The van der Waals surface area contributed by atoms with Gasteiger partial charge >= 0.3 is 5.97 Å². The molecule has 0 spiro atoms. The summed E-state index contributed by atoms with van der Waals surface area (Å²) in [5, 5.41) is 23.6. The van der Waals surface area contributed by atoms with E-state index in [0.29, 0.717) is 6.42 Å². The van der Waals surface area contributed by atoms with Crippen LogP contribution in [0.25, 0.3) is 6.08 Å². The lowest BCUT2D eigenvalue weighted by Crippen LogP contribution is -2.43. The van der Waals surface area contributed by atoms with Gasteiger partial charge in [-0.25, -0.2) is 4.98 Å². The Hall–Kier alpha value is -2.08. The summed E-state index contributed by atoms with van der Waals surface area (Å²) in [7, 11) is 0. The first-order valence-corrected chi connectivity index (χ1v) is 13.4. The second-order valence-electron chi connectivity index (χ2n) is 10.8. The molecule has 0 bridgehead atoms. The number of nitrogens with zero attached hydrogens (tertiary/aromatic N) is 2. The number of rotatable bonds is 2. The molecule has 35 heavy (non-hydrogen) atoms. The summed E-state index contributed by atoms with van der Waals surface area (Å²) >= 11 is 1.56. The number of cyclic esters (lactones) is 1. The van der Waals surface area contributed by atoms with E-state index in [1.807, 2.05) is 32.2 Å². The third kappa shape index (κ3) is 6.78. The lowest BCUT2D eigenvalue weighted by molar-refractivity contribution is -0.150. The first-order chi connectivity index (χ1) is 16.4. The summed E-state index contributed by atoms with van der Waals surface area (Å²) in [6.07, 6.45) is 3.61. The number of hydrogen-bond acceptors (Lipinski definition) is 8. The van der Waals surface area contributed by atoms with Crippen LogP contribution in [0.5, 0.6) is 0 Å². The number of aliphatic hydroxyl groups excluding tert-OH is 1. The maximum Gasteiger partial charge on any atom is 0.307 e. The number of thiazole rings is 1. The van der Waals surface area contributed by atoms with E-state index in [2.05, 4.69) is 11.1 Å². The Bertz CT molecular complexity index is 994. The number of Topliss-reactive ketones (excluding diaryl/α,β-unsaturated/α-hetero) is 1. The fourth-order valence-electron chi connectivity index (χ4n) is 5.00. The van der Waals surface area contributed by atoms with Gasteiger partial charge in [0.2, 0.25) is 0 Å². The third-order valence-electron chi connectivity index (χ3n) is 7.62. The molecule has 0 aromatic carbocycles. The number of nitriles is 1. The van der Waals surface area contributed by atoms with Crippen molar-refractivity contribution in [2.45, 2.75) is 98.1 Å². The predicted octanol–water partition coefficient (Wildman–Crippen LogP) is 4.87. The number of ketones is 1. The highest BCUT2D eigenvalue weighted by Crippen LogP contribution is 2.38. The van der Waals surface area contributed by atoms with Crippen molar-refractivity contribution in [3.8, 4) is 6.07 Å². The van der Waals surface area contributed by atoms with Crippen molar-refractivity contribution in [1.82, 2.24) is 4.98 Å². The average Bonchev–Trinajstić information content (AvgIpc) is 3.42. The first-order valence-electron chi connectivity index (χ1n) is 12.5. The molecule has 7 nitrogen and oxygen atoms in total. The van der Waals surface area contributed by atoms with E-state index in [9.17, 15) is 20.0 Å². The summed E-state index contributed by atoms with van der Waals surface area (Å²) in [5.41, 5.74) is 0.589. The van der Waals surface area contributed by atoms with Crippen molar-refractivity contribution in [1.29, 1.82) is 5.26 Å². The first kappa shape index (κ1) is 27.5. The van der Waals surface area contributed by atoms with Crippen molar-refractivity contribution in [2.75, 3.05) is 0 Å². The highest BCUT2D eigenvalue weighted by Gasteiger charge is 2.45. The molecule has 8 heteroatoms. The van der Waals surface area contributed by atoms with Crippen LogP contribution in [0, 0.1) is 41.4 Å². The van der Waals surface area contributed by atoms with Gasteiger partial charge in [-0.15, -0.1) is 11.3 Å². The number of aliphatic hydroxyl groups is 1. The second kappa shape index (κ2) is 11.3. The normalized spacial score (nSPS) is 35.0. The monoisotopic (exact) mass is 502 g/mol. The molecule has 0 amide bonds. The molecule has 2 unspecified atom stereocenters. The Morgan fingerprint density at radius 1 is 1.29 bits per heavy atom. The number of esters is 1. The van der Waals surface area contributed by atoms with E-state index in [0.717, 1.165) is 35.5 Å². The van der Waals surface area contributed by atoms with Gasteiger partial charge in [0.1, 0.15) is 11.9 Å². The quantitative estimate of drug-likeness (QED) is 0.453. The predicted molar refractivity (Wildman–Crippen MR) is 134 cm³/mol. The van der Waals surface area contributed by atoms with Crippen molar-refractivity contribution in [3.63, 3.8) is 0 Å². The minimum atomic E-state index is -1.10. The molecule has 1 N–H and O–H groups in total. The minimum Gasteiger partial charge on any atom is -0.458 e. The van der Waals surface area contributed by atoms with Gasteiger partial charge in [0.15, 0.2) is 0 Å². The van der Waals surface area contributed by atoms with Crippen LogP contribution in [0.15, 0.2) is 11.0 Å². The van der Waals surface area contributed by atoms with Crippen LogP contribution in [0.1, 0.15) is 77.4 Å². The summed E-state index contributed by atoms with van der Waals surface area (Å²) < 4.78 is 11.8. The van der Waals surface area contributed by atoms with Crippen LogP contribution < -0.4 is 0 Å². The van der Waals surface area contributed by atoms with Gasteiger partial charge in [0.05, 0.1) is 47.4 Å². The Morgan fingerprint density at radius 3 is 2.63 bits per heavy atom. The van der Waals surface area contributed by atoms with Crippen molar-refractivity contribution >= 4 is 29.2 Å². The van der Waals surface area contributed by atoms with E-state index in [1.165, 1.54) is 0 Å². The molecule has 192 valence electrons. The standard InChI is InChI=1S/C27H38N2O5S/c1-15-8-7-9-21-23(33-21)12-22(16(2)10-20-14-35-18(4)29-20)34-24(30)11-19(13-28)27(5,6)26(32)17(3)25(15)31/h10,14-15,17,19,21-23,25,31H,7-9,11-12H2,1-6H3/b16-10+/t15-,17?,19+,21+,22-,23?,25-/m0/s1. The number of aromatic nitrogens is 1. The zero-order valence-electron chi connectivity index (χ0n) is 21.6. The Kier molecular flexibility index (Phi) is 8.90. The number of hydrogen-bond donors (Lipinski definition) is 1. The van der Waals surface area contributed by atoms with Gasteiger partial charge in [0, 0.05) is 23.1 Å². The molecular formula is C27H38N2O5S. The molecule has 7 atom stereocenters. The van der Waals surface area contributed by atoms with E-state index in [4.69, 9.17) is 9.47 Å². The summed E-state index contributed by atoms with van der Waals surface area (Å²) in [6.45, 7) is 10.9. The van der Waals surface area contributed by atoms with Crippen molar-refractivity contribution < 1.29 is 24.2 Å². The lowest BCUT2D eigenvalue weighted by atomic mass is 9.69. The van der Waals surface area contributed by atoms with Crippen LogP contribution in [-0.4, -0.2) is 46.3 Å². The molecule has 3 rings (SSSR count). The molecule has 2 aliphatic heterocycles. The van der Waals surface area contributed by atoms with Gasteiger partial charge in [-0.3, -0.25) is 9.59 Å². The third-order valence-corrected chi connectivity index (χ3v) is 8.41. The molecule has 0 radical (unpaired) electrons. The molecule has 2 saturated heterocycles. The van der Waals surface area contributed by atoms with Crippen LogP contribution in [-0.2, 0) is 19.1 Å². The van der Waals surface area contributed by atoms with Gasteiger partial charge in [-0.05, 0) is 44.3 Å². The average molecular weight is 503 g/mol. The summed E-state index contributed by atoms with van der Waals surface area (Å²) in [4.78, 5) is 30.8. The van der Waals surface area contributed by atoms with E-state index in [1.54, 1.807) is 32.1 Å². The highest BCUT2D eigenvalue weighted by molar-refractivity contribution is 7.09. The van der Waals surface area contributed by atoms with Crippen LogP contribution >= 0.6 is 11.3 Å². The van der Waals surface area contributed by atoms with Gasteiger partial charge in [-0.1, -0.05) is 34.1 Å². The largest absolute Gasteiger partial charge is 0.458 e. The number of carbonyl (C=O) groups excluding carboxylic acids is 2. The van der Waals surface area contributed by atoms with Crippen LogP contribution in [0.2, 0.25) is 0 Å². The van der Waals surface area contributed by atoms with Crippen LogP contribution in [0.4, 0.5) is 0 Å². The number of aryl methyl sites for hydroxylation is 1. The smallest absolute Gasteiger partial charge is 0.307 e. The van der Waals surface area contributed by atoms with Crippen LogP contribution in [0.3, 0.4) is 0 Å². The molecule has 1 aromatic rings. The number of fused-ring (bicyclic) bond motifs is 1. The topological polar surface area (TPSA) is 113 Å². The Morgan fingerprint density at radius 2 is 2.00 bits per heavy atom. The minimum absolute atomic E-state index is 0.00478. The highest BCUT2D eigenvalue weighted by atomic mass is 32.1. The molecule has 3 heterocycles. The Balaban J connectivity index is 1.85. The van der Waals surface area contributed by atoms with E-state index >= 15 is 0 Å².